The number of alkyl halides is 3. The zero-order valence-corrected chi connectivity index (χ0v) is 15.8. The van der Waals surface area contributed by atoms with Crippen LogP contribution in [0.4, 0.5) is 13.2 Å². The smallest absolute Gasteiger partial charge is 0.435 e. The van der Waals surface area contributed by atoms with Crippen LogP contribution < -0.4 is 4.74 Å². The van der Waals surface area contributed by atoms with Crippen LogP contribution in [0.15, 0.2) is 30.5 Å². The second-order valence-electron chi connectivity index (χ2n) is 7.07. The summed E-state index contributed by atoms with van der Waals surface area (Å²) in [5.74, 6) is 0.608. The number of pyridine rings is 1. The molecule has 8 heteroatoms. The Morgan fingerprint density at radius 2 is 1.93 bits per heavy atom. The van der Waals surface area contributed by atoms with Crippen molar-refractivity contribution in [1.29, 1.82) is 0 Å². The minimum Gasteiger partial charge on any atom is -0.497 e. The highest BCUT2D eigenvalue weighted by Gasteiger charge is 2.37. The summed E-state index contributed by atoms with van der Waals surface area (Å²) in [4.78, 5) is 5.91. The fourth-order valence-electron chi connectivity index (χ4n) is 4.01. The summed E-state index contributed by atoms with van der Waals surface area (Å²) in [6, 6.07) is 6.85. The van der Waals surface area contributed by atoms with Crippen molar-refractivity contribution in [2.24, 2.45) is 0 Å². The van der Waals surface area contributed by atoms with Crippen LogP contribution >= 0.6 is 0 Å². The zero-order chi connectivity index (χ0) is 19.9. The monoisotopic (exact) mass is 393 g/mol. The number of rotatable bonds is 4. The molecular weight excluding hydrogens is 371 g/mol. The van der Waals surface area contributed by atoms with Crippen molar-refractivity contribution in [3.05, 3.63) is 36.2 Å². The van der Waals surface area contributed by atoms with Crippen molar-refractivity contribution in [3.63, 3.8) is 0 Å². The molecular formula is C20H22F3N3O2. The Morgan fingerprint density at radius 3 is 2.61 bits per heavy atom. The van der Waals surface area contributed by atoms with Crippen molar-refractivity contribution >= 4 is 21.8 Å². The Labute approximate surface area is 160 Å². The lowest BCUT2D eigenvalue weighted by atomic mass is 10.1. The maximum absolute atomic E-state index is 13.8. The number of ether oxygens (including phenoxy) is 2. The summed E-state index contributed by atoms with van der Waals surface area (Å²) in [7, 11) is 1.55. The van der Waals surface area contributed by atoms with Crippen molar-refractivity contribution in [3.8, 4) is 5.75 Å². The second kappa shape index (κ2) is 7.25. The fraction of sp³-hybridized carbons (Fsp3) is 0.450. The SMILES string of the molecule is COc1ccc2c3ccnc(C(F)(F)F)c3n(C(C)CN3CCOCC3)c2c1. The van der Waals surface area contributed by atoms with Crippen LogP contribution in [-0.4, -0.2) is 54.4 Å². The largest absolute Gasteiger partial charge is 0.497 e. The topological polar surface area (TPSA) is 39.5 Å². The molecule has 0 radical (unpaired) electrons. The van der Waals surface area contributed by atoms with E-state index in [0.29, 0.717) is 36.4 Å². The summed E-state index contributed by atoms with van der Waals surface area (Å²) in [6.07, 6.45) is -3.31. The van der Waals surface area contributed by atoms with Gasteiger partial charge in [0.2, 0.25) is 0 Å². The summed E-state index contributed by atoms with van der Waals surface area (Å²) >= 11 is 0. The maximum atomic E-state index is 13.8. The molecule has 0 spiro atoms. The summed E-state index contributed by atoms with van der Waals surface area (Å²) < 4.78 is 53.8. The third kappa shape index (κ3) is 3.31. The molecule has 0 amide bonds. The average Bonchev–Trinajstić information content (AvgIpc) is 3.01. The van der Waals surface area contributed by atoms with Gasteiger partial charge in [0, 0.05) is 48.7 Å². The Morgan fingerprint density at radius 1 is 1.18 bits per heavy atom. The molecule has 1 atom stereocenters. The van der Waals surface area contributed by atoms with Crippen LogP contribution in [-0.2, 0) is 10.9 Å². The molecule has 2 aromatic heterocycles. The molecule has 1 aliphatic heterocycles. The predicted molar refractivity (Wildman–Crippen MR) is 101 cm³/mol. The first kappa shape index (κ1) is 19.0. The lowest BCUT2D eigenvalue weighted by Gasteiger charge is -2.30. The first-order valence-corrected chi connectivity index (χ1v) is 9.24. The molecule has 1 saturated heterocycles. The van der Waals surface area contributed by atoms with Crippen molar-refractivity contribution in [2.45, 2.75) is 19.1 Å². The quantitative estimate of drug-likeness (QED) is 0.669. The normalized spacial score (nSPS) is 17.3. The van der Waals surface area contributed by atoms with Gasteiger partial charge in [0.05, 0.1) is 31.4 Å². The lowest BCUT2D eigenvalue weighted by molar-refractivity contribution is -0.140. The van der Waals surface area contributed by atoms with E-state index in [1.807, 2.05) is 13.0 Å². The molecule has 150 valence electrons. The number of fused-ring (bicyclic) bond motifs is 3. The van der Waals surface area contributed by atoms with Crippen molar-refractivity contribution in [2.75, 3.05) is 40.0 Å². The highest BCUT2D eigenvalue weighted by atomic mass is 19.4. The third-order valence-corrected chi connectivity index (χ3v) is 5.26. The van der Waals surface area contributed by atoms with Crippen molar-refractivity contribution in [1.82, 2.24) is 14.5 Å². The summed E-state index contributed by atoms with van der Waals surface area (Å²) in [6.45, 7) is 5.41. The van der Waals surface area contributed by atoms with E-state index < -0.39 is 11.9 Å². The van der Waals surface area contributed by atoms with E-state index >= 15 is 0 Å². The van der Waals surface area contributed by atoms with Gasteiger partial charge >= 0.3 is 6.18 Å². The first-order valence-electron chi connectivity index (χ1n) is 9.24. The van der Waals surface area contributed by atoms with Gasteiger partial charge in [-0.25, -0.2) is 4.98 Å². The van der Waals surface area contributed by atoms with E-state index in [0.717, 1.165) is 18.5 Å². The van der Waals surface area contributed by atoms with Gasteiger partial charge in [-0.15, -0.1) is 0 Å². The van der Waals surface area contributed by atoms with Crippen LogP contribution in [0.1, 0.15) is 18.7 Å². The van der Waals surface area contributed by atoms with Crippen LogP contribution in [0.25, 0.3) is 21.8 Å². The van der Waals surface area contributed by atoms with Gasteiger partial charge in [0.15, 0.2) is 5.69 Å². The molecule has 0 bridgehead atoms. The number of hydrogen-bond donors (Lipinski definition) is 0. The van der Waals surface area contributed by atoms with Crippen LogP contribution in [0, 0.1) is 0 Å². The van der Waals surface area contributed by atoms with Gasteiger partial charge in [-0.2, -0.15) is 13.2 Å². The summed E-state index contributed by atoms with van der Waals surface area (Å²) in [5, 5.41) is 1.31. The Bertz CT molecular complexity index is 994. The second-order valence-corrected chi connectivity index (χ2v) is 7.07. The average molecular weight is 393 g/mol. The van der Waals surface area contributed by atoms with E-state index in [-0.39, 0.29) is 11.6 Å². The number of morpholine rings is 1. The molecule has 1 aromatic carbocycles. The Hall–Kier alpha value is -2.32. The van der Waals surface area contributed by atoms with Gasteiger partial charge in [-0.1, -0.05) is 0 Å². The minimum atomic E-state index is -4.53. The van der Waals surface area contributed by atoms with Crippen molar-refractivity contribution < 1.29 is 22.6 Å². The van der Waals surface area contributed by atoms with E-state index in [1.165, 1.54) is 6.20 Å². The molecule has 0 aliphatic carbocycles. The van der Waals surface area contributed by atoms with Crippen LogP contribution in [0.3, 0.4) is 0 Å². The lowest BCUT2D eigenvalue weighted by Crippen LogP contribution is -2.39. The van der Waals surface area contributed by atoms with E-state index in [4.69, 9.17) is 9.47 Å². The molecule has 0 N–H and O–H groups in total. The number of aromatic nitrogens is 2. The molecule has 0 saturated carbocycles. The number of benzene rings is 1. The molecule has 3 heterocycles. The minimum absolute atomic E-state index is 0.124. The Balaban J connectivity index is 1.94. The number of halogens is 3. The molecule has 4 rings (SSSR count). The van der Waals surface area contributed by atoms with E-state index in [9.17, 15) is 13.2 Å². The predicted octanol–water partition coefficient (Wildman–Crippen LogP) is 4.11. The number of nitrogens with zero attached hydrogens (tertiary/aromatic N) is 3. The van der Waals surface area contributed by atoms with Gasteiger partial charge in [0.25, 0.3) is 0 Å². The van der Waals surface area contributed by atoms with Gasteiger partial charge < -0.3 is 14.0 Å². The van der Waals surface area contributed by atoms with E-state index in [1.54, 1.807) is 29.9 Å². The van der Waals surface area contributed by atoms with E-state index in [2.05, 4.69) is 9.88 Å². The first-order chi connectivity index (χ1) is 13.4. The molecule has 1 fully saturated rings. The van der Waals surface area contributed by atoms with Gasteiger partial charge in [-0.3, -0.25) is 4.90 Å². The molecule has 5 nitrogen and oxygen atoms in total. The Kier molecular flexibility index (Phi) is 4.93. The highest BCUT2D eigenvalue weighted by molar-refractivity contribution is 6.09. The molecule has 3 aromatic rings. The maximum Gasteiger partial charge on any atom is 0.435 e. The summed E-state index contributed by atoms with van der Waals surface area (Å²) in [5.41, 5.74) is -0.0124. The van der Waals surface area contributed by atoms with Gasteiger partial charge in [0.1, 0.15) is 5.75 Å². The van der Waals surface area contributed by atoms with Crippen LogP contribution in [0.2, 0.25) is 0 Å². The third-order valence-electron chi connectivity index (χ3n) is 5.26. The standard InChI is InChI=1S/C20H22F3N3O2/c1-13(12-25-7-9-28-10-8-25)26-17-11-14(27-2)3-4-15(17)16-5-6-24-19(18(16)26)20(21,22)23/h3-6,11,13H,7-10,12H2,1-2H3. The number of methoxy groups -OCH3 is 1. The van der Waals surface area contributed by atoms with Crippen LogP contribution in [0.5, 0.6) is 5.75 Å². The molecule has 1 unspecified atom stereocenters. The zero-order valence-electron chi connectivity index (χ0n) is 15.8. The fourth-order valence-corrected chi connectivity index (χ4v) is 4.01. The van der Waals surface area contributed by atoms with Gasteiger partial charge in [-0.05, 0) is 25.1 Å². The molecule has 1 aliphatic rings. The number of hydrogen-bond acceptors (Lipinski definition) is 4. The highest BCUT2D eigenvalue weighted by Crippen LogP contribution is 2.40. The molecule has 28 heavy (non-hydrogen) atoms.